The fourth-order valence-corrected chi connectivity index (χ4v) is 2.76. The average Bonchev–Trinajstić information content (AvgIpc) is 3.08. The molecule has 3 aromatic rings. The van der Waals surface area contributed by atoms with Crippen molar-refractivity contribution in [3.63, 3.8) is 0 Å². The summed E-state index contributed by atoms with van der Waals surface area (Å²) in [4.78, 5) is 29.1. The summed E-state index contributed by atoms with van der Waals surface area (Å²) in [6.45, 7) is 9.69. The quantitative estimate of drug-likeness (QED) is 0.544. The summed E-state index contributed by atoms with van der Waals surface area (Å²) in [7, 11) is 0. The minimum absolute atomic E-state index is 0.133. The highest BCUT2D eigenvalue weighted by Crippen LogP contribution is 2.26. The average molecular weight is 393 g/mol. The van der Waals surface area contributed by atoms with E-state index in [2.05, 4.69) is 32.7 Å². The fourth-order valence-electron chi connectivity index (χ4n) is 2.76. The number of nitrogens with zero attached hydrogens (tertiary/aromatic N) is 2. The molecule has 0 aliphatic carbocycles. The Morgan fingerprint density at radius 1 is 1.17 bits per heavy atom. The fraction of sp³-hybridized carbons (Fsp3) is 0.238. The first-order valence-corrected chi connectivity index (χ1v) is 9.23. The molecule has 150 valence electrons. The van der Waals surface area contributed by atoms with E-state index < -0.39 is 0 Å². The summed E-state index contributed by atoms with van der Waals surface area (Å²) in [6, 6.07) is 8.27. The normalized spacial score (nSPS) is 10.8. The monoisotopic (exact) mass is 393 g/mol. The van der Waals surface area contributed by atoms with Gasteiger partial charge in [0.15, 0.2) is 0 Å². The Hall–Kier alpha value is -3.68. The largest absolute Gasteiger partial charge is 0.336 e. The van der Waals surface area contributed by atoms with Crippen LogP contribution in [0.4, 0.5) is 16.2 Å². The second kappa shape index (κ2) is 8.55. The Balaban J connectivity index is 1.79. The van der Waals surface area contributed by atoms with Gasteiger partial charge in [-0.15, -0.1) is 6.58 Å². The number of amides is 3. The highest BCUT2D eigenvalue weighted by Gasteiger charge is 2.20. The molecule has 0 bridgehead atoms. The third-order valence-corrected chi connectivity index (χ3v) is 4.28. The summed E-state index contributed by atoms with van der Waals surface area (Å²) in [6.07, 6.45) is 1.59. The Morgan fingerprint density at radius 3 is 2.45 bits per heavy atom. The lowest BCUT2D eigenvalue weighted by Crippen LogP contribution is -2.28. The van der Waals surface area contributed by atoms with Gasteiger partial charge in [0.25, 0.3) is 11.6 Å². The van der Waals surface area contributed by atoms with Gasteiger partial charge < -0.3 is 20.5 Å². The second-order valence-electron chi connectivity index (χ2n) is 6.85. The van der Waals surface area contributed by atoms with Crippen molar-refractivity contribution < 1.29 is 14.1 Å². The van der Waals surface area contributed by atoms with Gasteiger partial charge in [-0.25, -0.2) is 9.78 Å². The second-order valence-corrected chi connectivity index (χ2v) is 6.85. The predicted molar refractivity (Wildman–Crippen MR) is 112 cm³/mol. The van der Waals surface area contributed by atoms with Gasteiger partial charge in [-0.2, -0.15) is 0 Å². The van der Waals surface area contributed by atoms with Crippen molar-refractivity contribution >= 4 is 34.4 Å². The van der Waals surface area contributed by atoms with Gasteiger partial charge in [0.1, 0.15) is 0 Å². The van der Waals surface area contributed by atoms with E-state index in [0.717, 1.165) is 5.69 Å². The molecule has 0 spiro atoms. The number of urea groups is 1. The van der Waals surface area contributed by atoms with Crippen molar-refractivity contribution in [3.8, 4) is 0 Å². The van der Waals surface area contributed by atoms with E-state index in [1.54, 1.807) is 43.3 Å². The van der Waals surface area contributed by atoms with Crippen LogP contribution in [0.2, 0.25) is 0 Å². The maximum Gasteiger partial charge on any atom is 0.319 e. The maximum absolute atomic E-state index is 12.9. The van der Waals surface area contributed by atoms with Crippen molar-refractivity contribution in [3.05, 3.63) is 59.9 Å². The summed E-state index contributed by atoms with van der Waals surface area (Å²) in [5, 5.41) is 12.7. The van der Waals surface area contributed by atoms with E-state index in [1.807, 2.05) is 13.8 Å². The topological polar surface area (TPSA) is 109 Å². The summed E-state index contributed by atoms with van der Waals surface area (Å²) in [5.74, 6) is -0.149. The number of aromatic nitrogens is 2. The molecule has 0 unspecified atom stereocenters. The van der Waals surface area contributed by atoms with Crippen molar-refractivity contribution in [2.24, 2.45) is 0 Å². The van der Waals surface area contributed by atoms with Crippen LogP contribution in [0.5, 0.6) is 0 Å². The molecule has 0 saturated carbocycles. The van der Waals surface area contributed by atoms with Crippen molar-refractivity contribution in [1.82, 2.24) is 15.5 Å². The third-order valence-electron chi connectivity index (χ3n) is 4.28. The van der Waals surface area contributed by atoms with E-state index in [1.165, 1.54) is 0 Å². The Bertz CT molecular complexity index is 1050. The first-order valence-electron chi connectivity index (χ1n) is 9.23. The zero-order valence-electron chi connectivity index (χ0n) is 16.6. The van der Waals surface area contributed by atoms with Crippen LogP contribution in [0.15, 0.2) is 47.5 Å². The highest BCUT2D eigenvalue weighted by atomic mass is 16.5. The van der Waals surface area contributed by atoms with E-state index in [0.29, 0.717) is 40.3 Å². The number of benzene rings is 1. The van der Waals surface area contributed by atoms with Crippen LogP contribution in [0.1, 0.15) is 41.5 Å². The lowest BCUT2D eigenvalue weighted by atomic mass is 10.0. The van der Waals surface area contributed by atoms with E-state index in [4.69, 9.17) is 4.52 Å². The van der Waals surface area contributed by atoms with Gasteiger partial charge in [0.05, 0.1) is 16.6 Å². The van der Waals surface area contributed by atoms with Crippen molar-refractivity contribution in [2.75, 3.05) is 17.2 Å². The molecule has 0 aliphatic heterocycles. The van der Waals surface area contributed by atoms with Gasteiger partial charge >= 0.3 is 6.03 Å². The molecule has 0 radical (unpaired) electrons. The molecule has 8 nitrogen and oxygen atoms in total. The maximum atomic E-state index is 12.9. The predicted octanol–water partition coefficient (Wildman–Crippen LogP) is 4.21. The molecule has 0 saturated heterocycles. The number of hydrogen-bond acceptors (Lipinski definition) is 5. The van der Waals surface area contributed by atoms with E-state index >= 15 is 0 Å². The van der Waals surface area contributed by atoms with Gasteiger partial charge in [-0.05, 0) is 43.2 Å². The molecular weight excluding hydrogens is 370 g/mol. The SMILES string of the molecule is C=CCNC(=O)Nc1ccc(NC(=O)c2cc(C(C)C)nc3onc(C)c23)cc1. The lowest BCUT2D eigenvalue weighted by Gasteiger charge is -2.11. The zero-order valence-corrected chi connectivity index (χ0v) is 16.6. The van der Waals surface area contributed by atoms with Crippen LogP contribution in [-0.2, 0) is 0 Å². The number of fused-ring (bicyclic) bond motifs is 1. The molecule has 2 aromatic heterocycles. The summed E-state index contributed by atoms with van der Waals surface area (Å²) >= 11 is 0. The summed E-state index contributed by atoms with van der Waals surface area (Å²) in [5.41, 5.74) is 3.37. The molecule has 29 heavy (non-hydrogen) atoms. The zero-order chi connectivity index (χ0) is 21.0. The molecule has 3 amide bonds. The number of anilines is 2. The summed E-state index contributed by atoms with van der Waals surface area (Å²) < 4.78 is 5.27. The molecular formula is C21H23N5O3. The minimum Gasteiger partial charge on any atom is -0.336 e. The van der Waals surface area contributed by atoms with Crippen LogP contribution in [0.25, 0.3) is 11.1 Å². The number of carbonyl (C=O) groups is 2. The van der Waals surface area contributed by atoms with Gasteiger partial charge in [-0.3, -0.25) is 4.79 Å². The Morgan fingerprint density at radius 2 is 1.83 bits per heavy atom. The van der Waals surface area contributed by atoms with Gasteiger partial charge in [-0.1, -0.05) is 25.1 Å². The van der Waals surface area contributed by atoms with Crippen LogP contribution >= 0.6 is 0 Å². The molecule has 0 atom stereocenters. The standard InChI is InChI=1S/C21H23N5O3/c1-5-10-22-21(28)24-15-8-6-14(7-9-15)23-19(27)16-11-17(12(2)3)25-20-18(16)13(4)26-29-20/h5-9,11-12H,1,10H2,2-4H3,(H,23,27)(H2,22,24,28). The third kappa shape index (κ3) is 4.60. The first kappa shape index (κ1) is 20.1. The molecule has 0 fully saturated rings. The van der Waals surface area contributed by atoms with E-state index in [-0.39, 0.29) is 17.9 Å². The van der Waals surface area contributed by atoms with E-state index in [9.17, 15) is 9.59 Å². The number of pyridine rings is 1. The molecule has 2 heterocycles. The Labute approximate surface area is 168 Å². The highest BCUT2D eigenvalue weighted by molar-refractivity contribution is 6.12. The number of nitrogens with one attached hydrogen (secondary N) is 3. The van der Waals surface area contributed by atoms with Crippen LogP contribution in [0, 0.1) is 6.92 Å². The molecule has 8 heteroatoms. The number of hydrogen-bond donors (Lipinski definition) is 3. The number of aryl methyl sites for hydroxylation is 1. The molecule has 3 rings (SSSR count). The van der Waals surface area contributed by atoms with Crippen LogP contribution in [-0.4, -0.2) is 28.6 Å². The van der Waals surface area contributed by atoms with Crippen molar-refractivity contribution in [2.45, 2.75) is 26.7 Å². The Kier molecular flexibility index (Phi) is 5.92. The minimum atomic E-state index is -0.329. The van der Waals surface area contributed by atoms with Crippen LogP contribution in [0.3, 0.4) is 0 Å². The molecule has 0 aliphatic rings. The van der Waals surface area contributed by atoms with Gasteiger partial charge in [0.2, 0.25) is 0 Å². The van der Waals surface area contributed by atoms with Crippen molar-refractivity contribution in [1.29, 1.82) is 0 Å². The smallest absolute Gasteiger partial charge is 0.319 e. The number of carbonyl (C=O) groups excluding carboxylic acids is 2. The number of rotatable bonds is 6. The molecule has 3 N–H and O–H groups in total. The first-order chi connectivity index (χ1) is 13.9. The molecule has 1 aromatic carbocycles. The lowest BCUT2D eigenvalue weighted by molar-refractivity contribution is 0.102. The van der Waals surface area contributed by atoms with Crippen LogP contribution < -0.4 is 16.0 Å². The van der Waals surface area contributed by atoms with Gasteiger partial charge in [0, 0.05) is 23.6 Å².